The average Bonchev–Trinajstić information content (AvgIpc) is 2.98. The first-order chi connectivity index (χ1) is 11.1. The molecule has 2 aromatic carbocycles. The van der Waals surface area contributed by atoms with Crippen molar-refractivity contribution in [2.45, 2.75) is 12.5 Å². The van der Waals surface area contributed by atoms with E-state index in [1.54, 1.807) is 24.3 Å². The molecule has 0 aromatic heterocycles. The van der Waals surface area contributed by atoms with Gasteiger partial charge in [-0.3, -0.25) is 9.59 Å². The Morgan fingerprint density at radius 3 is 2.61 bits per heavy atom. The van der Waals surface area contributed by atoms with Gasteiger partial charge >= 0.3 is 0 Å². The number of hydrogen-bond donors (Lipinski definition) is 2. The lowest BCUT2D eigenvalue weighted by Gasteiger charge is -2.12. The van der Waals surface area contributed by atoms with Gasteiger partial charge in [0.1, 0.15) is 11.5 Å². The standard InChI is InChI=1S/C17H16N2O4/c18-16(20)10-22-13-7-5-12(6-8-13)19-17(21)15-9-11-3-1-2-4-14(11)23-15/h1-8,15H,9-10H2,(H2,18,20)(H,19,21)/t15-/m0/s1. The quantitative estimate of drug-likeness (QED) is 0.875. The number of carbonyl (C=O) groups is 2. The van der Waals surface area contributed by atoms with Crippen LogP contribution >= 0.6 is 0 Å². The molecule has 0 bridgehead atoms. The van der Waals surface area contributed by atoms with Crippen LogP contribution in [-0.2, 0) is 16.0 Å². The molecule has 0 saturated heterocycles. The van der Waals surface area contributed by atoms with Gasteiger partial charge in [-0.1, -0.05) is 18.2 Å². The van der Waals surface area contributed by atoms with Gasteiger partial charge < -0.3 is 20.5 Å². The number of hydrogen-bond acceptors (Lipinski definition) is 4. The number of benzene rings is 2. The van der Waals surface area contributed by atoms with Crippen LogP contribution in [0.25, 0.3) is 0 Å². The van der Waals surface area contributed by atoms with E-state index in [1.807, 2.05) is 24.3 Å². The van der Waals surface area contributed by atoms with Gasteiger partial charge in [-0.05, 0) is 35.9 Å². The Bertz CT molecular complexity index is 703. The van der Waals surface area contributed by atoms with Gasteiger partial charge in [-0.15, -0.1) is 0 Å². The molecule has 1 atom stereocenters. The zero-order valence-electron chi connectivity index (χ0n) is 12.3. The van der Waals surface area contributed by atoms with Crippen LogP contribution in [0.5, 0.6) is 11.5 Å². The van der Waals surface area contributed by atoms with E-state index in [0.717, 1.165) is 11.3 Å². The minimum absolute atomic E-state index is 0.181. The van der Waals surface area contributed by atoms with E-state index >= 15 is 0 Å². The van der Waals surface area contributed by atoms with Gasteiger partial charge in [0.25, 0.3) is 11.8 Å². The monoisotopic (exact) mass is 312 g/mol. The highest BCUT2D eigenvalue weighted by Crippen LogP contribution is 2.28. The van der Waals surface area contributed by atoms with Crippen molar-refractivity contribution in [3.05, 3.63) is 54.1 Å². The number of para-hydroxylation sites is 1. The van der Waals surface area contributed by atoms with Crippen LogP contribution in [0.15, 0.2) is 48.5 Å². The first kappa shape index (κ1) is 14.9. The van der Waals surface area contributed by atoms with Crippen molar-refractivity contribution in [2.24, 2.45) is 5.73 Å². The van der Waals surface area contributed by atoms with Crippen molar-refractivity contribution >= 4 is 17.5 Å². The number of ether oxygens (including phenoxy) is 2. The molecule has 0 aliphatic carbocycles. The third-order valence-corrected chi connectivity index (χ3v) is 3.44. The summed E-state index contributed by atoms with van der Waals surface area (Å²) in [5.41, 5.74) is 6.66. The summed E-state index contributed by atoms with van der Waals surface area (Å²) < 4.78 is 10.8. The van der Waals surface area contributed by atoms with Crippen molar-refractivity contribution < 1.29 is 19.1 Å². The van der Waals surface area contributed by atoms with Gasteiger partial charge in [0.15, 0.2) is 12.7 Å². The summed E-state index contributed by atoms with van der Waals surface area (Å²) in [6.07, 6.45) is 0.0279. The minimum Gasteiger partial charge on any atom is -0.484 e. The smallest absolute Gasteiger partial charge is 0.265 e. The Kier molecular flexibility index (Phi) is 4.14. The molecule has 6 heteroatoms. The van der Waals surface area contributed by atoms with E-state index < -0.39 is 12.0 Å². The van der Waals surface area contributed by atoms with Crippen LogP contribution in [0.4, 0.5) is 5.69 Å². The largest absolute Gasteiger partial charge is 0.484 e. The second kappa shape index (κ2) is 6.39. The van der Waals surface area contributed by atoms with E-state index in [9.17, 15) is 9.59 Å². The first-order valence-electron chi connectivity index (χ1n) is 7.18. The van der Waals surface area contributed by atoms with Crippen LogP contribution < -0.4 is 20.5 Å². The molecule has 23 heavy (non-hydrogen) atoms. The maximum Gasteiger partial charge on any atom is 0.265 e. The van der Waals surface area contributed by atoms with Crippen LogP contribution in [-0.4, -0.2) is 24.5 Å². The van der Waals surface area contributed by atoms with Crippen LogP contribution in [0.2, 0.25) is 0 Å². The highest BCUT2D eigenvalue weighted by molar-refractivity contribution is 5.95. The third-order valence-electron chi connectivity index (χ3n) is 3.44. The summed E-state index contributed by atoms with van der Waals surface area (Å²) in [6, 6.07) is 14.3. The fourth-order valence-electron chi connectivity index (χ4n) is 2.34. The Hall–Kier alpha value is -3.02. The molecule has 1 heterocycles. The van der Waals surface area contributed by atoms with E-state index in [2.05, 4.69) is 5.32 Å². The molecule has 2 aromatic rings. The van der Waals surface area contributed by atoms with E-state index in [-0.39, 0.29) is 12.5 Å². The number of carbonyl (C=O) groups excluding carboxylic acids is 2. The predicted molar refractivity (Wildman–Crippen MR) is 84.3 cm³/mol. The van der Waals surface area contributed by atoms with Crippen molar-refractivity contribution in [3.63, 3.8) is 0 Å². The normalized spacial score (nSPS) is 15.4. The fraction of sp³-hybridized carbons (Fsp3) is 0.176. The van der Waals surface area contributed by atoms with E-state index in [4.69, 9.17) is 15.2 Å². The van der Waals surface area contributed by atoms with Crippen LogP contribution in [0.1, 0.15) is 5.56 Å². The number of primary amides is 1. The topological polar surface area (TPSA) is 90.7 Å². The summed E-state index contributed by atoms with van der Waals surface area (Å²) >= 11 is 0. The SMILES string of the molecule is NC(=O)COc1ccc(NC(=O)[C@@H]2Cc3ccccc3O2)cc1. The number of rotatable bonds is 5. The Balaban J connectivity index is 1.57. The molecule has 0 unspecified atom stereocenters. The maximum absolute atomic E-state index is 12.3. The molecule has 3 rings (SSSR count). The summed E-state index contributed by atoms with van der Waals surface area (Å²) in [5.74, 6) is 0.515. The first-order valence-corrected chi connectivity index (χ1v) is 7.18. The second-order valence-electron chi connectivity index (χ2n) is 5.19. The fourth-order valence-corrected chi connectivity index (χ4v) is 2.34. The van der Waals surface area contributed by atoms with Crippen LogP contribution in [0.3, 0.4) is 0 Å². The molecule has 1 aliphatic heterocycles. The molecule has 2 amide bonds. The number of nitrogens with two attached hydrogens (primary N) is 1. The molecule has 3 N–H and O–H groups in total. The molecule has 1 aliphatic rings. The molecular formula is C17H16N2O4. The number of fused-ring (bicyclic) bond motifs is 1. The van der Waals surface area contributed by atoms with E-state index in [0.29, 0.717) is 17.9 Å². The molecule has 0 fully saturated rings. The Labute approximate surface area is 133 Å². The highest BCUT2D eigenvalue weighted by Gasteiger charge is 2.28. The van der Waals surface area contributed by atoms with Gasteiger partial charge in [-0.25, -0.2) is 0 Å². The highest BCUT2D eigenvalue weighted by atomic mass is 16.5. The summed E-state index contributed by atoms with van der Waals surface area (Å²) in [5, 5.41) is 2.80. The lowest BCUT2D eigenvalue weighted by Crippen LogP contribution is -2.31. The zero-order chi connectivity index (χ0) is 16.2. The number of amides is 2. The zero-order valence-corrected chi connectivity index (χ0v) is 12.3. The maximum atomic E-state index is 12.3. The number of anilines is 1. The van der Waals surface area contributed by atoms with Crippen molar-refractivity contribution in [1.82, 2.24) is 0 Å². The molecule has 118 valence electrons. The summed E-state index contributed by atoms with van der Waals surface area (Å²) in [4.78, 5) is 22.9. The summed E-state index contributed by atoms with van der Waals surface area (Å²) in [6.45, 7) is -0.181. The Morgan fingerprint density at radius 1 is 1.17 bits per heavy atom. The van der Waals surface area contributed by atoms with Gasteiger partial charge in [0, 0.05) is 12.1 Å². The minimum atomic E-state index is -0.541. The molecule has 0 radical (unpaired) electrons. The van der Waals surface area contributed by atoms with Crippen molar-refractivity contribution in [2.75, 3.05) is 11.9 Å². The Morgan fingerprint density at radius 2 is 1.91 bits per heavy atom. The van der Waals surface area contributed by atoms with Crippen LogP contribution in [0, 0.1) is 0 Å². The predicted octanol–water partition coefficient (Wildman–Crippen LogP) is 1.49. The molecule has 0 saturated carbocycles. The molecule has 0 spiro atoms. The lowest BCUT2D eigenvalue weighted by atomic mass is 10.1. The van der Waals surface area contributed by atoms with Crippen molar-refractivity contribution in [1.29, 1.82) is 0 Å². The van der Waals surface area contributed by atoms with E-state index in [1.165, 1.54) is 0 Å². The summed E-state index contributed by atoms with van der Waals surface area (Å²) in [7, 11) is 0. The van der Waals surface area contributed by atoms with Gasteiger partial charge in [0.2, 0.25) is 0 Å². The van der Waals surface area contributed by atoms with Gasteiger partial charge in [-0.2, -0.15) is 0 Å². The van der Waals surface area contributed by atoms with Gasteiger partial charge in [0.05, 0.1) is 0 Å². The molecule has 6 nitrogen and oxygen atoms in total. The lowest BCUT2D eigenvalue weighted by molar-refractivity contribution is -0.122. The molecular weight excluding hydrogens is 296 g/mol. The average molecular weight is 312 g/mol. The number of nitrogens with one attached hydrogen (secondary N) is 1. The third kappa shape index (κ3) is 3.60. The van der Waals surface area contributed by atoms with Crippen molar-refractivity contribution in [3.8, 4) is 11.5 Å². The second-order valence-corrected chi connectivity index (χ2v) is 5.19.